The summed E-state index contributed by atoms with van der Waals surface area (Å²) in [5.74, 6) is -0.816. The first-order valence-corrected chi connectivity index (χ1v) is 11.8. The third kappa shape index (κ3) is 3.61. The van der Waals surface area contributed by atoms with Gasteiger partial charge in [-0.1, -0.05) is 78.3 Å². The summed E-state index contributed by atoms with van der Waals surface area (Å²) in [5.41, 5.74) is 2.24. The molecule has 35 heavy (non-hydrogen) atoms. The number of hydrogen-bond acceptors (Lipinski definition) is 3. The maximum atomic E-state index is 13.8. The summed E-state index contributed by atoms with van der Waals surface area (Å²) in [7, 11) is 0. The van der Waals surface area contributed by atoms with Crippen LogP contribution in [0.2, 0.25) is 5.02 Å². The van der Waals surface area contributed by atoms with E-state index in [0.29, 0.717) is 22.7 Å². The Morgan fingerprint density at radius 3 is 2.31 bits per heavy atom. The van der Waals surface area contributed by atoms with Crippen molar-refractivity contribution in [2.24, 2.45) is 0 Å². The molecule has 5 rings (SSSR count). The molecule has 1 N–H and O–H groups in total. The number of rotatable bonds is 6. The fourth-order valence-electron chi connectivity index (χ4n) is 4.92. The lowest BCUT2D eigenvalue weighted by Crippen LogP contribution is -2.41. The van der Waals surface area contributed by atoms with Crippen LogP contribution in [0.5, 0.6) is 0 Å². The standard InChI is InChI=1S/C28H24ClN3O3/c1-3-31-22-16-10-7-13-19(22)24(25(31)18-11-5-4-6-12-18)23(33)17-32-26(34)28(2,30-27(32)35)20-14-8-9-15-21(20)29/h4-16H,3,17H2,1-2H3,(H,30,35). The lowest BCUT2D eigenvalue weighted by Gasteiger charge is -2.23. The van der Waals surface area contributed by atoms with Gasteiger partial charge in [0.15, 0.2) is 5.78 Å². The molecule has 1 atom stereocenters. The normalized spacial score (nSPS) is 17.7. The monoisotopic (exact) mass is 485 g/mol. The van der Waals surface area contributed by atoms with Crippen molar-refractivity contribution in [1.29, 1.82) is 0 Å². The number of imide groups is 1. The van der Waals surface area contributed by atoms with Crippen molar-refractivity contribution in [3.05, 3.63) is 95.0 Å². The van der Waals surface area contributed by atoms with Crippen molar-refractivity contribution >= 4 is 40.2 Å². The second-order valence-electron chi connectivity index (χ2n) is 8.70. The Bertz CT molecular complexity index is 1480. The molecule has 0 radical (unpaired) electrons. The summed E-state index contributed by atoms with van der Waals surface area (Å²) in [4.78, 5) is 41.2. The van der Waals surface area contributed by atoms with E-state index in [2.05, 4.69) is 9.88 Å². The Labute approximate surface area is 208 Å². The minimum atomic E-state index is -1.35. The minimum Gasteiger partial charge on any atom is -0.340 e. The number of nitrogens with zero attached hydrogens (tertiary/aromatic N) is 2. The Morgan fingerprint density at radius 2 is 1.60 bits per heavy atom. The molecule has 2 heterocycles. The molecule has 3 amide bonds. The molecule has 0 saturated carbocycles. The zero-order valence-electron chi connectivity index (χ0n) is 19.4. The zero-order chi connectivity index (χ0) is 24.7. The van der Waals surface area contributed by atoms with E-state index in [9.17, 15) is 14.4 Å². The highest BCUT2D eigenvalue weighted by Crippen LogP contribution is 2.36. The van der Waals surface area contributed by atoms with Gasteiger partial charge in [0.2, 0.25) is 0 Å². The summed E-state index contributed by atoms with van der Waals surface area (Å²) in [6.45, 7) is 3.92. The van der Waals surface area contributed by atoms with E-state index in [4.69, 9.17) is 11.6 Å². The largest absolute Gasteiger partial charge is 0.340 e. The summed E-state index contributed by atoms with van der Waals surface area (Å²) in [5, 5.41) is 3.90. The summed E-state index contributed by atoms with van der Waals surface area (Å²) < 4.78 is 2.09. The molecule has 3 aromatic carbocycles. The number of benzene rings is 3. The molecule has 1 aromatic heterocycles. The van der Waals surface area contributed by atoms with E-state index in [1.54, 1.807) is 31.2 Å². The molecule has 1 saturated heterocycles. The van der Waals surface area contributed by atoms with Crippen LogP contribution in [0.1, 0.15) is 29.8 Å². The van der Waals surface area contributed by atoms with E-state index >= 15 is 0 Å². The summed E-state index contributed by atoms with van der Waals surface area (Å²) in [6.07, 6.45) is 0. The topological polar surface area (TPSA) is 71.4 Å². The molecule has 1 unspecified atom stereocenters. The van der Waals surface area contributed by atoms with E-state index in [1.165, 1.54) is 0 Å². The number of halogens is 1. The van der Waals surface area contributed by atoms with Crippen LogP contribution in [0.4, 0.5) is 4.79 Å². The van der Waals surface area contributed by atoms with Crippen LogP contribution in [-0.4, -0.2) is 33.7 Å². The van der Waals surface area contributed by atoms with E-state index in [-0.39, 0.29) is 12.3 Å². The van der Waals surface area contributed by atoms with Gasteiger partial charge in [0.25, 0.3) is 5.91 Å². The van der Waals surface area contributed by atoms with Gasteiger partial charge in [-0.25, -0.2) is 4.79 Å². The van der Waals surface area contributed by atoms with E-state index in [1.807, 2.05) is 61.5 Å². The van der Waals surface area contributed by atoms with E-state index < -0.39 is 17.5 Å². The van der Waals surface area contributed by atoms with Gasteiger partial charge >= 0.3 is 6.03 Å². The first-order chi connectivity index (χ1) is 16.9. The lowest BCUT2D eigenvalue weighted by atomic mass is 9.92. The van der Waals surface area contributed by atoms with Gasteiger partial charge in [-0.15, -0.1) is 0 Å². The number of aromatic nitrogens is 1. The van der Waals surface area contributed by atoms with Gasteiger partial charge in [0.05, 0.1) is 17.8 Å². The summed E-state index contributed by atoms with van der Waals surface area (Å²) in [6, 6.07) is 23.6. The Hall–Kier alpha value is -3.90. The maximum Gasteiger partial charge on any atom is 0.325 e. The second kappa shape index (κ2) is 8.71. The quantitative estimate of drug-likeness (QED) is 0.284. The van der Waals surface area contributed by atoms with Gasteiger partial charge in [0.1, 0.15) is 5.54 Å². The Morgan fingerprint density at radius 1 is 0.943 bits per heavy atom. The van der Waals surface area contributed by atoms with Crippen LogP contribution < -0.4 is 5.32 Å². The number of carbonyl (C=O) groups is 3. The Kier molecular flexibility index (Phi) is 5.69. The predicted octanol–water partition coefficient (Wildman–Crippen LogP) is 5.63. The highest BCUT2D eigenvalue weighted by molar-refractivity contribution is 6.32. The van der Waals surface area contributed by atoms with Crippen LogP contribution in [-0.2, 0) is 16.9 Å². The number of nitrogens with one attached hydrogen (secondary N) is 1. The van der Waals surface area contributed by atoms with Gasteiger partial charge < -0.3 is 9.88 Å². The number of urea groups is 1. The molecule has 4 aromatic rings. The average Bonchev–Trinajstić information content (AvgIpc) is 3.32. The van der Waals surface area contributed by atoms with Crippen molar-refractivity contribution in [2.45, 2.75) is 25.9 Å². The number of fused-ring (bicyclic) bond motifs is 1. The molecular weight excluding hydrogens is 462 g/mol. The molecule has 7 heteroatoms. The van der Waals surface area contributed by atoms with Crippen LogP contribution in [0, 0.1) is 0 Å². The first kappa shape index (κ1) is 22.9. The molecule has 6 nitrogen and oxygen atoms in total. The highest BCUT2D eigenvalue weighted by Gasteiger charge is 2.50. The summed E-state index contributed by atoms with van der Waals surface area (Å²) >= 11 is 6.34. The van der Waals surface area contributed by atoms with E-state index in [0.717, 1.165) is 27.1 Å². The molecular formula is C28H24ClN3O3. The van der Waals surface area contributed by atoms with Gasteiger partial charge in [-0.05, 0) is 31.5 Å². The molecule has 0 bridgehead atoms. The van der Waals surface area contributed by atoms with Crippen molar-refractivity contribution in [3.63, 3.8) is 0 Å². The number of carbonyl (C=O) groups excluding carboxylic acids is 3. The molecule has 1 aliphatic heterocycles. The number of para-hydroxylation sites is 1. The molecule has 0 spiro atoms. The van der Waals surface area contributed by atoms with Gasteiger partial charge in [0, 0.05) is 28.0 Å². The smallest absolute Gasteiger partial charge is 0.325 e. The number of ketones is 1. The van der Waals surface area contributed by atoms with Crippen LogP contribution in [0.3, 0.4) is 0 Å². The molecule has 0 aliphatic carbocycles. The fourth-order valence-corrected chi connectivity index (χ4v) is 5.25. The third-order valence-electron chi connectivity index (χ3n) is 6.60. The minimum absolute atomic E-state index is 0.306. The fraction of sp³-hybridized carbons (Fsp3) is 0.179. The number of amides is 3. The van der Waals surface area contributed by atoms with Crippen molar-refractivity contribution in [1.82, 2.24) is 14.8 Å². The lowest BCUT2D eigenvalue weighted by molar-refractivity contribution is -0.130. The van der Waals surface area contributed by atoms with Crippen LogP contribution >= 0.6 is 11.6 Å². The molecule has 1 aliphatic rings. The zero-order valence-corrected chi connectivity index (χ0v) is 20.2. The van der Waals surface area contributed by atoms with Gasteiger partial charge in [-0.3, -0.25) is 14.5 Å². The van der Waals surface area contributed by atoms with Crippen molar-refractivity contribution < 1.29 is 14.4 Å². The predicted molar refractivity (Wildman–Crippen MR) is 136 cm³/mol. The number of Topliss-reactive ketones (excluding diaryl/α,β-unsaturated/α-hetero) is 1. The molecule has 1 fully saturated rings. The van der Waals surface area contributed by atoms with Crippen LogP contribution in [0.15, 0.2) is 78.9 Å². The maximum absolute atomic E-state index is 13.8. The van der Waals surface area contributed by atoms with Crippen LogP contribution in [0.25, 0.3) is 22.2 Å². The van der Waals surface area contributed by atoms with Crippen molar-refractivity contribution in [2.75, 3.05) is 6.54 Å². The molecule has 176 valence electrons. The Balaban J connectivity index is 1.58. The number of hydrogen-bond donors (Lipinski definition) is 1. The van der Waals surface area contributed by atoms with Crippen molar-refractivity contribution in [3.8, 4) is 11.3 Å². The average molecular weight is 486 g/mol. The SMILES string of the molecule is CCn1c(-c2ccccc2)c(C(=O)CN2C(=O)NC(C)(c3ccccc3Cl)C2=O)c2ccccc21. The first-order valence-electron chi connectivity index (χ1n) is 11.5. The highest BCUT2D eigenvalue weighted by atomic mass is 35.5. The second-order valence-corrected chi connectivity index (χ2v) is 9.11. The van der Waals surface area contributed by atoms with Gasteiger partial charge in [-0.2, -0.15) is 0 Å². The number of aryl methyl sites for hydroxylation is 1. The third-order valence-corrected chi connectivity index (χ3v) is 6.93.